The smallest absolute Gasteiger partial charge is 0.306 e. The molecule has 0 atom stereocenters. The van der Waals surface area contributed by atoms with E-state index >= 15 is 0 Å². The van der Waals surface area contributed by atoms with Gasteiger partial charge in [0.2, 0.25) is 17.8 Å². The molecule has 0 saturated carbocycles. The summed E-state index contributed by atoms with van der Waals surface area (Å²) in [6.45, 7) is 63.0. The highest BCUT2D eigenvalue weighted by molar-refractivity contribution is 5.77. The number of nitrogens with one attached hydrogen (secondary N) is 6. The third-order valence-electron chi connectivity index (χ3n) is 20.4. The molecule has 6 rings (SSSR count). The lowest BCUT2D eigenvalue weighted by Gasteiger charge is -2.54. The number of methoxy groups -OCH3 is 1. The van der Waals surface area contributed by atoms with E-state index < -0.39 is 11.9 Å². The summed E-state index contributed by atoms with van der Waals surface area (Å²) in [6.07, 6.45) is 20.5. The number of likely N-dealkylation sites (tertiary alicyclic amines) is 1. The number of anilines is 3. The van der Waals surface area contributed by atoms with E-state index in [1.165, 1.54) is 71.3 Å². The van der Waals surface area contributed by atoms with Crippen LogP contribution in [0.2, 0.25) is 0 Å². The van der Waals surface area contributed by atoms with Gasteiger partial charge in [-0.3, -0.25) is 14.5 Å². The van der Waals surface area contributed by atoms with Crippen molar-refractivity contribution in [3.63, 3.8) is 0 Å². The highest BCUT2D eigenvalue weighted by Gasteiger charge is 2.47. The Morgan fingerprint density at radius 2 is 0.885 bits per heavy atom. The lowest BCUT2D eigenvalue weighted by molar-refractivity contribution is -0.151. The summed E-state index contributed by atoms with van der Waals surface area (Å²) in [5.74, 6) is 1.59. The van der Waals surface area contributed by atoms with E-state index in [0.717, 1.165) is 83.0 Å². The molecule has 1 aromatic rings. The highest BCUT2D eigenvalue weighted by Crippen LogP contribution is 2.41. The minimum Gasteiger partial charge on any atom is -0.469 e. The van der Waals surface area contributed by atoms with Crippen molar-refractivity contribution in [2.45, 2.75) is 414 Å². The SMILES string of the molecule is C.C.CN(CCCCCCN(c1nc(NC(C)(C)CC(C)(C)C)nc(N(CCCCCCNC2CC(C)(C)NC(C)(C)C2)C2CC(C)(C)NC(C)(C)C2)n1)C1CC(C)(C)NC(C)(C)C1)C1CC(C)(C)NC(C)(C)C1.COC(=O)CCC(=O)OCCN1C(C)(C)CC(O)CC1(C)C. The molecule has 5 aliphatic rings. The molecule has 0 aromatic carbocycles. The number of hydrogen-bond acceptors (Lipinski definition) is 18. The molecule has 562 valence electrons. The predicted molar refractivity (Wildman–Crippen MR) is 407 cm³/mol. The summed E-state index contributed by atoms with van der Waals surface area (Å²) < 4.78 is 9.69. The Labute approximate surface area is 590 Å². The van der Waals surface area contributed by atoms with Crippen LogP contribution in [0.5, 0.6) is 0 Å². The maximum Gasteiger partial charge on any atom is 0.306 e. The van der Waals surface area contributed by atoms with Gasteiger partial charge in [-0.25, -0.2) is 0 Å². The number of aliphatic hydroxyl groups excluding tert-OH is 1. The normalized spacial score (nSPS) is 23.1. The van der Waals surface area contributed by atoms with Gasteiger partial charge in [0.15, 0.2) is 0 Å². The second-order valence-electron chi connectivity index (χ2n) is 38.7. The second kappa shape index (κ2) is 34.3. The van der Waals surface area contributed by atoms with Crippen molar-refractivity contribution in [3.05, 3.63) is 0 Å². The molecule has 96 heavy (non-hydrogen) atoms. The first kappa shape index (κ1) is 87.2. The Bertz CT molecular complexity index is 2450. The highest BCUT2D eigenvalue weighted by atomic mass is 16.5. The summed E-state index contributed by atoms with van der Waals surface area (Å²) >= 11 is 0. The number of carbonyl (C=O) groups is 2. The fourth-order valence-corrected chi connectivity index (χ4v) is 19.0. The van der Waals surface area contributed by atoms with Crippen LogP contribution in [0.15, 0.2) is 0 Å². The first-order valence-corrected chi connectivity index (χ1v) is 37.2. The van der Waals surface area contributed by atoms with Crippen LogP contribution in [0.4, 0.5) is 17.8 Å². The van der Waals surface area contributed by atoms with Crippen molar-refractivity contribution in [2.75, 3.05) is 68.6 Å². The van der Waals surface area contributed by atoms with Crippen molar-refractivity contribution in [2.24, 2.45) is 5.41 Å². The molecule has 5 fully saturated rings. The van der Waals surface area contributed by atoms with E-state index in [4.69, 9.17) is 19.7 Å². The average Bonchev–Trinajstić information content (AvgIpc) is 0.789. The molecule has 0 spiro atoms. The minimum absolute atomic E-state index is 0. The number of aliphatic hydroxyl groups is 1. The Morgan fingerprint density at radius 3 is 1.28 bits per heavy atom. The van der Waals surface area contributed by atoms with Crippen molar-refractivity contribution < 1.29 is 24.2 Å². The van der Waals surface area contributed by atoms with Gasteiger partial charge in [0.1, 0.15) is 6.61 Å². The molecular weight excluding hydrogens is 1200 g/mol. The van der Waals surface area contributed by atoms with E-state index in [-0.39, 0.29) is 107 Å². The van der Waals surface area contributed by atoms with Crippen LogP contribution in [-0.2, 0) is 19.1 Å². The first-order chi connectivity index (χ1) is 42.8. The maximum absolute atomic E-state index is 11.6. The fraction of sp³-hybridized carbons (Fsp3) is 0.936. The van der Waals surface area contributed by atoms with Gasteiger partial charge in [0, 0.05) is 105 Å². The molecule has 1 aromatic heterocycles. The number of unbranched alkanes of at least 4 members (excludes halogenated alkanes) is 6. The topological polar surface area (TPSA) is 197 Å². The van der Waals surface area contributed by atoms with Crippen molar-refractivity contribution in [3.8, 4) is 0 Å². The van der Waals surface area contributed by atoms with Gasteiger partial charge in [-0.2, -0.15) is 15.0 Å². The van der Waals surface area contributed by atoms with E-state index in [0.29, 0.717) is 49.5 Å². The van der Waals surface area contributed by atoms with Gasteiger partial charge in [0.05, 0.1) is 26.1 Å². The molecule has 6 heterocycles. The van der Waals surface area contributed by atoms with Crippen LogP contribution in [-0.4, -0.2) is 186 Å². The van der Waals surface area contributed by atoms with Crippen molar-refractivity contribution in [1.82, 2.24) is 51.3 Å². The van der Waals surface area contributed by atoms with Crippen LogP contribution >= 0.6 is 0 Å². The van der Waals surface area contributed by atoms with E-state index in [1.807, 2.05) is 0 Å². The molecule has 5 saturated heterocycles. The second-order valence-corrected chi connectivity index (χ2v) is 38.7. The molecule has 0 aliphatic carbocycles. The number of hydrogen-bond donors (Lipinski definition) is 7. The summed E-state index contributed by atoms with van der Waals surface area (Å²) in [5.41, 5.74) is 0.162. The molecule has 0 amide bonds. The summed E-state index contributed by atoms with van der Waals surface area (Å²) in [6, 6.07) is 1.76. The van der Waals surface area contributed by atoms with Gasteiger partial charge in [-0.05, 0) is 274 Å². The number of carbonyl (C=O) groups excluding carboxylic acids is 2. The summed E-state index contributed by atoms with van der Waals surface area (Å²) in [5, 5.41) is 33.6. The van der Waals surface area contributed by atoms with E-state index in [2.05, 4.69) is 236 Å². The fourth-order valence-electron chi connectivity index (χ4n) is 19.0. The third-order valence-corrected chi connectivity index (χ3v) is 20.4. The maximum atomic E-state index is 11.6. The van der Waals surface area contributed by atoms with Crippen LogP contribution in [0.3, 0.4) is 0 Å². The van der Waals surface area contributed by atoms with Gasteiger partial charge in [0.25, 0.3) is 0 Å². The Kier molecular flexibility index (Phi) is 31.2. The zero-order valence-electron chi connectivity index (χ0n) is 65.7. The molecule has 18 nitrogen and oxygen atoms in total. The number of piperidine rings is 5. The Balaban J connectivity index is 0.000000849. The number of nitrogens with zero attached hydrogens (tertiary/aromatic N) is 7. The van der Waals surface area contributed by atoms with Crippen LogP contribution in [0.25, 0.3) is 0 Å². The largest absolute Gasteiger partial charge is 0.469 e. The lowest BCUT2D eigenvalue weighted by Crippen LogP contribution is -2.63. The number of rotatable bonds is 29. The van der Waals surface area contributed by atoms with Gasteiger partial charge >= 0.3 is 11.9 Å². The summed E-state index contributed by atoms with van der Waals surface area (Å²) in [7, 11) is 3.66. The standard InChI is InChI=1S/C60H118N12.C16H29NO5.2CH4/c1-51(2,3)43-60(20,21)65-48-62-49(71(46-39-56(12,13)68-57(14,15)40-46)33-29-24-23-27-31-61-44-35-52(4,5)66-53(6,7)36-44)64-50(63-48)72(47-41-58(16,17)69-59(18,19)42-47)34-30-26-25-28-32-70(22)45-37-54(8,9)67-55(10,11)38-45;1-15(2)10-12(18)11-16(3,4)17(15)8-9-22-14(20)7-6-13(19)21-5;;/h44-47,61,66-69H,23-43H2,1-22H3,(H,62,63,64,65);12,18H,6-11H2,1-5H3;2*1H4. The summed E-state index contributed by atoms with van der Waals surface area (Å²) in [4.78, 5) is 49.5. The molecule has 18 heteroatoms. The van der Waals surface area contributed by atoms with Gasteiger partial charge < -0.3 is 61.2 Å². The molecule has 0 radical (unpaired) electrons. The molecule has 0 unspecified atom stereocenters. The van der Waals surface area contributed by atoms with E-state index in [9.17, 15) is 14.7 Å². The molecular formula is C78H155N13O5. The predicted octanol–water partition coefficient (Wildman–Crippen LogP) is 14.8. The van der Waals surface area contributed by atoms with Crippen LogP contribution in [0.1, 0.15) is 323 Å². The van der Waals surface area contributed by atoms with Gasteiger partial charge in [-0.1, -0.05) is 61.3 Å². The quantitative estimate of drug-likeness (QED) is 0.0295. The van der Waals surface area contributed by atoms with Crippen LogP contribution in [0, 0.1) is 5.41 Å². The minimum atomic E-state index is -0.413. The van der Waals surface area contributed by atoms with Crippen molar-refractivity contribution in [1.29, 1.82) is 0 Å². The molecule has 0 bridgehead atoms. The third kappa shape index (κ3) is 29.5. The lowest BCUT2D eigenvalue weighted by atomic mass is 9.78. The first-order valence-electron chi connectivity index (χ1n) is 37.2. The Hall–Kier alpha value is -2.97. The molecule has 7 N–H and O–H groups in total. The zero-order valence-corrected chi connectivity index (χ0v) is 65.7. The Morgan fingerprint density at radius 1 is 0.521 bits per heavy atom. The monoisotopic (exact) mass is 1350 g/mol. The zero-order chi connectivity index (χ0) is 71.0. The number of ether oxygens (including phenoxy) is 2. The van der Waals surface area contributed by atoms with Crippen molar-refractivity contribution >= 4 is 29.8 Å². The molecule has 5 aliphatic heterocycles. The number of aromatic nitrogens is 3. The van der Waals surface area contributed by atoms with Crippen LogP contribution < -0.4 is 41.7 Å². The van der Waals surface area contributed by atoms with Gasteiger partial charge in [-0.15, -0.1) is 0 Å². The van der Waals surface area contributed by atoms with E-state index in [1.54, 1.807) is 0 Å². The number of esters is 2. The average molecular weight is 1360 g/mol.